The highest BCUT2D eigenvalue weighted by Crippen LogP contribution is 2.22. The fraction of sp³-hybridized carbons (Fsp3) is 0.367. The van der Waals surface area contributed by atoms with Crippen molar-refractivity contribution in [1.82, 2.24) is 0 Å². The van der Waals surface area contributed by atoms with E-state index in [-0.39, 0.29) is 22.7 Å². The molecule has 0 unspecified atom stereocenters. The van der Waals surface area contributed by atoms with E-state index in [9.17, 15) is 18.3 Å². The molecule has 0 bridgehead atoms. The first kappa shape index (κ1) is 30.4. The van der Waals surface area contributed by atoms with Gasteiger partial charge < -0.3 is 18.8 Å². The van der Waals surface area contributed by atoms with Crippen LogP contribution in [0.15, 0.2) is 72.8 Å². The van der Waals surface area contributed by atoms with Crippen LogP contribution in [-0.4, -0.2) is 50.0 Å². The molecule has 0 aromatic heterocycles. The number of esters is 1. The predicted octanol–water partition coefficient (Wildman–Crippen LogP) is 5.58. The minimum absolute atomic E-state index is 0.176. The van der Waals surface area contributed by atoms with Crippen molar-refractivity contribution in [3.8, 4) is 17.2 Å². The lowest BCUT2D eigenvalue weighted by molar-refractivity contribution is -0.143. The van der Waals surface area contributed by atoms with Gasteiger partial charge in [-0.1, -0.05) is 49.7 Å². The third-order valence-corrected chi connectivity index (χ3v) is 7.52. The van der Waals surface area contributed by atoms with Crippen molar-refractivity contribution >= 4 is 27.8 Å². The van der Waals surface area contributed by atoms with E-state index in [1.165, 1.54) is 0 Å². The molecule has 1 N–H and O–H groups in total. The molecule has 0 amide bonds. The van der Waals surface area contributed by atoms with E-state index >= 15 is 0 Å². The third-order valence-electron chi connectivity index (χ3n) is 5.83. The summed E-state index contributed by atoms with van der Waals surface area (Å²) in [6.07, 6.45) is 4.91. The van der Waals surface area contributed by atoms with Crippen LogP contribution in [0.1, 0.15) is 36.5 Å². The lowest BCUT2D eigenvalue weighted by Gasteiger charge is -2.16. The molecule has 0 radical (unpaired) electrons. The standard InChI is InChI=1S/C30H36O7S2/c1-3-4-19-36-30(32)29(38-21-18-24-9-11-26(31)12-10-24)22-25-7-5-23(6-8-25)17-20-35-27-13-15-28(16-14-27)37-39(2,33)34/h5-16,29,31H,3-4,17-22H2,1-2H3/t29-/m0/s1. The molecule has 0 fully saturated rings. The van der Waals surface area contributed by atoms with Crippen LogP contribution in [0.3, 0.4) is 0 Å². The summed E-state index contributed by atoms with van der Waals surface area (Å²) in [5, 5.41) is 9.19. The van der Waals surface area contributed by atoms with E-state index in [0.29, 0.717) is 31.8 Å². The molecular weight excluding hydrogens is 536 g/mol. The highest BCUT2D eigenvalue weighted by Gasteiger charge is 2.21. The number of hydrogen-bond acceptors (Lipinski definition) is 8. The minimum atomic E-state index is -3.56. The van der Waals surface area contributed by atoms with Crippen LogP contribution >= 0.6 is 11.8 Å². The van der Waals surface area contributed by atoms with Crippen LogP contribution in [0.2, 0.25) is 0 Å². The Bertz CT molecular complexity index is 1260. The number of aromatic hydroxyl groups is 1. The highest BCUT2D eigenvalue weighted by atomic mass is 32.2. The van der Waals surface area contributed by atoms with Crippen molar-refractivity contribution in [1.29, 1.82) is 0 Å². The SMILES string of the molecule is CCCCOC(=O)[C@H](Cc1ccc(CCOc2ccc(OS(C)(=O)=O)cc2)cc1)SCCc1ccc(O)cc1. The van der Waals surface area contributed by atoms with Crippen molar-refractivity contribution in [3.63, 3.8) is 0 Å². The second-order valence-electron chi connectivity index (χ2n) is 9.17. The van der Waals surface area contributed by atoms with Crippen LogP contribution in [-0.2, 0) is 38.9 Å². The maximum absolute atomic E-state index is 12.8. The molecule has 7 nitrogen and oxygen atoms in total. The number of phenols is 1. The van der Waals surface area contributed by atoms with Crippen LogP contribution in [0.25, 0.3) is 0 Å². The van der Waals surface area contributed by atoms with Crippen LogP contribution < -0.4 is 8.92 Å². The second-order valence-corrected chi connectivity index (χ2v) is 12.1. The van der Waals surface area contributed by atoms with Crippen molar-refractivity contribution in [2.45, 2.75) is 44.3 Å². The first-order valence-electron chi connectivity index (χ1n) is 13.0. The number of ether oxygens (including phenoxy) is 2. The van der Waals surface area contributed by atoms with Crippen molar-refractivity contribution in [3.05, 3.63) is 89.5 Å². The topological polar surface area (TPSA) is 99.1 Å². The molecule has 0 aliphatic rings. The van der Waals surface area contributed by atoms with Gasteiger partial charge in [0.25, 0.3) is 0 Å². The fourth-order valence-electron chi connectivity index (χ4n) is 3.71. The van der Waals surface area contributed by atoms with E-state index in [1.54, 1.807) is 48.2 Å². The first-order chi connectivity index (χ1) is 18.7. The van der Waals surface area contributed by atoms with Crippen LogP contribution in [0.5, 0.6) is 17.2 Å². The van der Waals surface area contributed by atoms with Gasteiger partial charge in [-0.15, -0.1) is 11.8 Å². The van der Waals surface area contributed by atoms with E-state index in [0.717, 1.165) is 48.0 Å². The summed E-state index contributed by atoms with van der Waals surface area (Å²) in [7, 11) is -3.56. The van der Waals surface area contributed by atoms with E-state index in [1.807, 2.05) is 36.4 Å². The molecule has 9 heteroatoms. The van der Waals surface area contributed by atoms with Gasteiger partial charge in [0.2, 0.25) is 0 Å². The van der Waals surface area contributed by atoms with Gasteiger partial charge in [0.05, 0.1) is 19.5 Å². The average Bonchev–Trinajstić information content (AvgIpc) is 2.90. The van der Waals surface area contributed by atoms with E-state index < -0.39 is 10.1 Å². The van der Waals surface area contributed by atoms with E-state index in [2.05, 4.69) is 6.92 Å². The largest absolute Gasteiger partial charge is 0.508 e. The molecule has 0 spiro atoms. The number of hydrogen-bond donors (Lipinski definition) is 1. The average molecular weight is 573 g/mol. The van der Waals surface area contributed by atoms with Crippen LogP contribution in [0.4, 0.5) is 0 Å². The number of phenolic OH excluding ortho intramolecular Hbond substituents is 1. The van der Waals surface area contributed by atoms with Gasteiger partial charge in [-0.2, -0.15) is 8.42 Å². The van der Waals surface area contributed by atoms with Crippen molar-refractivity contribution < 1.29 is 32.0 Å². The summed E-state index contributed by atoms with van der Waals surface area (Å²) in [6.45, 7) is 2.97. The zero-order valence-corrected chi connectivity index (χ0v) is 24.0. The Hall–Kier alpha value is -3.17. The molecule has 0 aliphatic heterocycles. The monoisotopic (exact) mass is 572 g/mol. The van der Waals surface area contributed by atoms with Gasteiger partial charge in [-0.3, -0.25) is 4.79 Å². The lowest BCUT2D eigenvalue weighted by Crippen LogP contribution is -2.24. The molecule has 3 aromatic rings. The van der Waals surface area contributed by atoms with Crippen molar-refractivity contribution in [2.75, 3.05) is 25.2 Å². The normalized spacial score (nSPS) is 12.1. The Labute approximate surface area is 235 Å². The number of benzene rings is 3. The maximum atomic E-state index is 12.8. The smallest absolute Gasteiger partial charge is 0.319 e. The molecule has 1 atom stereocenters. The van der Waals surface area contributed by atoms with Crippen LogP contribution in [0, 0.1) is 0 Å². The highest BCUT2D eigenvalue weighted by molar-refractivity contribution is 8.00. The second kappa shape index (κ2) is 15.4. The molecule has 0 aliphatic carbocycles. The summed E-state index contributed by atoms with van der Waals surface area (Å²) in [6, 6.07) is 21.8. The molecule has 0 saturated carbocycles. The Balaban J connectivity index is 1.50. The fourth-order valence-corrected chi connectivity index (χ4v) is 5.32. The number of aryl methyl sites for hydroxylation is 1. The van der Waals surface area contributed by atoms with Gasteiger partial charge in [-0.25, -0.2) is 0 Å². The number of unbranched alkanes of at least 4 members (excludes halogenated alkanes) is 1. The summed E-state index contributed by atoms with van der Waals surface area (Å²) in [5.74, 6) is 1.71. The Kier molecular flexibility index (Phi) is 12.0. The first-order valence-corrected chi connectivity index (χ1v) is 15.8. The van der Waals surface area contributed by atoms with Crippen molar-refractivity contribution in [2.24, 2.45) is 0 Å². The Morgan fingerprint density at radius 1 is 0.846 bits per heavy atom. The molecule has 39 heavy (non-hydrogen) atoms. The van der Waals surface area contributed by atoms with Gasteiger partial charge in [0.1, 0.15) is 22.5 Å². The number of rotatable bonds is 16. The molecular formula is C30H36O7S2. The lowest BCUT2D eigenvalue weighted by atomic mass is 10.1. The maximum Gasteiger partial charge on any atom is 0.319 e. The number of carbonyl (C=O) groups is 1. The van der Waals surface area contributed by atoms with Gasteiger partial charge in [-0.05, 0) is 78.1 Å². The molecule has 3 aromatic carbocycles. The Morgan fingerprint density at radius 3 is 2.08 bits per heavy atom. The van der Waals surface area contributed by atoms with Gasteiger partial charge in [0.15, 0.2) is 0 Å². The molecule has 0 heterocycles. The zero-order chi connectivity index (χ0) is 28.1. The predicted molar refractivity (Wildman–Crippen MR) is 155 cm³/mol. The third kappa shape index (κ3) is 11.6. The minimum Gasteiger partial charge on any atom is -0.508 e. The summed E-state index contributed by atoms with van der Waals surface area (Å²) in [5.41, 5.74) is 3.29. The molecule has 3 rings (SSSR count). The molecule has 0 saturated heterocycles. The zero-order valence-electron chi connectivity index (χ0n) is 22.4. The summed E-state index contributed by atoms with van der Waals surface area (Å²) >= 11 is 1.60. The molecule has 210 valence electrons. The van der Waals surface area contributed by atoms with Gasteiger partial charge in [0, 0.05) is 6.42 Å². The van der Waals surface area contributed by atoms with E-state index in [4.69, 9.17) is 13.7 Å². The number of thioether (sulfide) groups is 1. The Morgan fingerprint density at radius 2 is 1.44 bits per heavy atom. The summed E-state index contributed by atoms with van der Waals surface area (Å²) < 4.78 is 38.6. The summed E-state index contributed by atoms with van der Waals surface area (Å²) in [4.78, 5) is 12.8. The quantitative estimate of drug-likeness (QED) is 0.135. The number of carbonyl (C=O) groups excluding carboxylic acids is 1. The van der Waals surface area contributed by atoms with Gasteiger partial charge >= 0.3 is 16.1 Å².